The van der Waals surface area contributed by atoms with Crippen molar-refractivity contribution in [1.29, 1.82) is 0 Å². The molecular formula is C18H30N2O. The second-order valence-electron chi connectivity index (χ2n) is 6.73. The molecule has 0 bridgehead atoms. The SMILES string of the molecule is Cc1nc(OCC2CCCCC2)ccc1CNCC(C)C. The van der Waals surface area contributed by atoms with Gasteiger partial charge < -0.3 is 10.1 Å². The number of nitrogens with one attached hydrogen (secondary N) is 1. The van der Waals surface area contributed by atoms with E-state index in [1.54, 1.807) is 0 Å². The van der Waals surface area contributed by atoms with E-state index in [-0.39, 0.29) is 0 Å². The van der Waals surface area contributed by atoms with E-state index in [1.165, 1.54) is 37.7 Å². The first-order valence-electron chi connectivity index (χ1n) is 8.45. The topological polar surface area (TPSA) is 34.1 Å². The van der Waals surface area contributed by atoms with Crippen LogP contribution < -0.4 is 10.1 Å². The van der Waals surface area contributed by atoms with Crippen molar-refractivity contribution in [2.75, 3.05) is 13.2 Å². The number of rotatable bonds is 7. The van der Waals surface area contributed by atoms with Crippen molar-refractivity contribution in [3.63, 3.8) is 0 Å². The number of nitrogens with zero attached hydrogens (tertiary/aromatic N) is 1. The Morgan fingerprint density at radius 2 is 2.00 bits per heavy atom. The molecule has 3 nitrogen and oxygen atoms in total. The third-order valence-electron chi connectivity index (χ3n) is 4.23. The summed E-state index contributed by atoms with van der Waals surface area (Å²) in [5, 5.41) is 3.46. The van der Waals surface area contributed by atoms with E-state index >= 15 is 0 Å². The molecule has 1 aromatic heterocycles. The summed E-state index contributed by atoms with van der Waals surface area (Å²) in [6.45, 7) is 9.27. The Bertz CT molecular complexity index is 425. The second kappa shape index (κ2) is 8.38. The Morgan fingerprint density at radius 1 is 1.24 bits per heavy atom. The van der Waals surface area contributed by atoms with Gasteiger partial charge in [-0.05, 0) is 43.7 Å². The van der Waals surface area contributed by atoms with E-state index in [0.29, 0.717) is 5.92 Å². The molecule has 1 saturated carbocycles. The van der Waals surface area contributed by atoms with Crippen molar-refractivity contribution in [2.24, 2.45) is 11.8 Å². The lowest BCUT2D eigenvalue weighted by Gasteiger charge is -2.21. The maximum atomic E-state index is 5.89. The fourth-order valence-electron chi connectivity index (χ4n) is 2.89. The zero-order valence-electron chi connectivity index (χ0n) is 13.8. The van der Waals surface area contributed by atoms with E-state index in [9.17, 15) is 0 Å². The van der Waals surface area contributed by atoms with Crippen LogP contribution in [0, 0.1) is 18.8 Å². The fraction of sp³-hybridized carbons (Fsp3) is 0.722. The molecule has 1 N–H and O–H groups in total. The van der Waals surface area contributed by atoms with Crippen LogP contribution in [-0.2, 0) is 6.54 Å². The van der Waals surface area contributed by atoms with Crippen molar-refractivity contribution in [2.45, 2.75) is 59.4 Å². The number of ether oxygens (including phenoxy) is 1. The fourth-order valence-corrected chi connectivity index (χ4v) is 2.89. The van der Waals surface area contributed by atoms with Gasteiger partial charge in [-0.15, -0.1) is 0 Å². The van der Waals surface area contributed by atoms with E-state index < -0.39 is 0 Å². The molecule has 0 radical (unpaired) electrons. The van der Waals surface area contributed by atoms with Gasteiger partial charge in [0.25, 0.3) is 0 Å². The summed E-state index contributed by atoms with van der Waals surface area (Å²) in [5.41, 5.74) is 2.34. The Hall–Kier alpha value is -1.09. The minimum Gasteiger partial charge on any atom is -0.477 e. The first-order chi connectivity index (χ1) is 10.1. The van der Waals surface area contributed by atoms with E-state index in [2.05, 4.69) is 37.1 Å². The van der Waals surface area contributed by atoms with Crippen LogP contribution in [0.4, 0.5) is 0 Å². The van der Waals surface area contributed by atoms with Crippen LogP contribution in [0.25, 0.3) is 0 Å². The van der Waals surface area contributed by atoms with Crippen LogP contribution in [0.2, 0.25) is 0 Å². The summed E-state index contributed by atoms with van der Waals surface area (Å²) in [4.78, 5) is 4.59. The predicted octanol–water partition coefficient (Wildman–Crippen LogP) is 4.09. The Morgan fingerprint density at radius 3 is 2.67 bits per heavy atom. The van der Waals surface area contributed by atoms with E-state index in [4.69, 9.17) is 4.74 Å². The lowest BCUT2D eigenvalue weighted by Crippen LogP contribution is -2.20. The van der Waals surface area contributed by atoms with Gasteiger partial charge in [-0.1, -0.05) is 39.2 Å². The molecule has 1 aliphatic carbocycles. The molecule has 118 valence electrons. The maximum absolute atomic E-state index is 5.89. The van der Waals surface area contributed by atoms with Gasteiger partial charge in [0.15, 0.2) is 0 Å². The van der Waals surface area contributed by atoms with Crippen molar-refractivity contribution in [3.8, 4) is 5.88 Å². The van der Waals surface area contributed by atoms with Gasteiger partial charge in [0.05, 0.1) is 6.61 Å². The number of pyridine rings is 1. The summed E-state index contributed by atoms with van der Waals surface area (Å²) >= 11 is 0. The molecule has 3 heteroatoms. The molecule has 0 aliphatic heterocycles. The smallest absolute Gasteiger partial charge is 0.213 e. The predicted molar refractivity (Wildman–Crippen MR) is 87.6 cm³/mol. The number of hydrogen-bond acceptors (Lipinski definition) is 3. The summed E-state index contributed by atoms with van der Waals surface area (Å²) in [5.74, 6) is 2.19. The highest BCUT2D eigenvalue weighted by Crippen LogP contribution is 2.24. The monoisotopic (exact) mass is 290 g/mol. The highest BCUT2D eigenvalue weighted by Gasteiger charge is 2.14. The zero-order chi connectivity index (χ0) is 15.1. The third kappa shape index (κ3) is 5.66. The van der Waals surface area contributed by atoms with E-state index in [1.807, 2.05) is 6.07 Å². The minimum atomic E-state index is 0.677. The largest absolute Gasteiger partial charge is 0.477 e. The summed E-state index contributed by atoms with van der Waals surface area (Å²) in [6, 6.07) is 4.16. The zero-order valence-corrected chi connectivity index (χ0v) is 13.8. The molecule has 1 aliphatic rings. The van der Waals surface area contributed by atoms with Gasteiger partial charge in [-0.25, -0.2) is 4.98 Å². The Balaban J connectivity index is 1.80. The van der Waals surface area contributed by atoms with Gasteiger partial charge >= 0.3 is 0 Å². The highest BCUT2D eigenvalue weighted by atomic mass is 16.5. The van der Waals surface area contributed by atoms with Crippen LogP contribution in [0.15, 0.2) is 12.1 Å². The Labute approximate surface area is 129 Å². The lowest BCUT2D eigenvalue weighted by atomic mass is 9.90. The van der Waals surface area contributed by atoms with Crippen LogP contribution in [0.3, 0.4) is 0 Å². The average molecular weight is 290 g/mol. The summed E-state index contributed by atoms with van der Waals surface area (Å²) in [7, 11) is 0. The quantitative estimate of drug-likeness (QED) is 0.821. The number of aryl methyl sites for hydroxylation is 1. The third-order valence-corrected chi connectivity index (χ3v) is 4.23. The molecule has 0 spiro atoms. The van der Waals surface area contributed by atoms with Crippen LogP contribution >= 0.6 is 0 Å². The van der Waals surface area contributed by atoms with Crippen LogP contribution in [-0.4, -0.2) is 18.1 Å². The molecule has 1 heterocycles. The lowest BCUT2D eigenvalue weighted by molar-refractivity contribution is 0.202. The normalized spacial score (nSPS) is 16.4. The molecule has 21 heavy (non-hydrogen) atoms. The average Bonchev–Trinajstić information content (AvgIpc) is 2.48. The Kier molecular flexibility index (Phi) is 6.50. The van der Waals surface area contributed by atoms with Gasteiger partial charge in [0.1, 0.15) is 0 Å². The number of hydrogen-bond donors (Lipinski definition) is 1. The highest BCUT2D eigenvalue weighted by molar-refractivity contribution is 5.24. The molecule has 1 aromatic rings. The maximum Gasteiger partial charge on any atom is 0.213 e. The second-order valence-corrected chi connectivity index (χ2v) is 6.73. The molecule has 0 saturated heterocycles. The summed E-state index contributed by atoms with van der Waals surface area (Å²) < 4.78 is 5.89. The molecule has 0 aromatic carbocycles. The van der Waals surface area contributed by atoms with Gasteiger partial charge in [-0.3, -0.25) is 0 Å². The first-order valence-corrected chi connectivity index (χ1v) is 8.45. The molecular weight excluding hydrogens is 260 g/mol. The molecule has 0 amide bonds. The van der Waals surface area contributed by atoms with Gasteiger partial charge in [0, 0.05) is 18.3 Å². The van der Waals surface area contributed by atoms with E-state index in [0.717, 1.165) is 37.2 Å². The molecule has 1 fully saturated rings. The summed E-state index contributed by atoms with van der Waals surface area (Å²) in [6.07, 6.45) is 6.75. The van der Waals surface area contributed by atoms with Gasteiger partial charge in [0.2, 0.25) is 5.88 Å². The van der Waals surface area contributed by atoms with Crippen molar-refractivity contribution < 1.29 is 4.74 Å². The molecule has 2 rings (SSSR count). The standard InChI is InChI=1S/C18H30N2O/c1-14(2)11-19-12-17-9-10-18(20-15(17)3)21-13-16-7-5-4-6-8-16/h9-10,14,16,19H,4-8,11-13H2,1-3H3. The molecule has 0 atom stereocenters. The minimum absolute atomic E-state index is 0.677. The van der Waals surface area contributed by atoms with Gasteiger partial charge in [-0.2, -0.15) is 0 Å². The molecule has 0 unspecified atom stereocenters. The van der Waals surface area contributed by atoms with Crippen molar-refractivity contribution >= 4 is 0 Å². The van der Waals surface area contributed by atoms with Crippen molar-refractivity contribution in [3.05, 3.63) is 23.4 Å². The van der Waals surface area contributed by atoms with Crippen molar-refractivity contribution in [1.82, 2.24) is 10.3 Å². The van der Waals surface area contributed by atoms with Crippen LogP contribution in [0.5, 0.6) is 5.88 Å². The number of aromatic nitrogens is 1. The first kappa shape index (κ1) is 16.3. The van der Waals surface area contributed by atoms with Crippen LogP contribution in [0.1, 0.15) is 57.2 Å².